The number of benzene rings is 3. The molecule has 38 heavy (non-hydrogen) atoms. The summed E-state index contributed by atoms with van der Waals surface area (Å²) in [5, 5.41) is 20.1. The van der Waals surface area contributed by atoms with E-state index in [1.807, 2.05) is 19.0 Å². The number of hydrogen-bond donors (Lipinski definition) is 0. The topological polar surface area (TPSA) is 132 Å². The highest BCUT2D eigenvalue weighted by Crippen LogP contribution is 2.29. The van der Waals surface area contributed by atoms with Gasteiger partial charge in [-0.15, -0.1) is 10.2 Å². The summed E-state index contributed by atoms with van der Waals surface area (Å²) >= 11 is 0. The Labute approximate surface area is 217 Å². The smallest absolute Gasteiger partial charge is 0.270 e. The van der Waals surface area contributed by atoms with Crippen LogP contribution >= 0.6 is 0 Å². The van der Waals surface area contributed by atoms with Gasteiger partial charge in [0.15, 0.2) is 17.4 Å². The quantitative estimate of drug-likeness (QED) is 0.153. The van der Waals surface area contributed by atoms with E-state index in [-0.39, 0.29) is 23.6 Å². The van der Waals surface area contributed by atoms with Crippen LogP contribution in [0.25, 0.3) is 5.69 Å². The molecule has 0 saturated carbocycles. The van der Waals surface area contributed by atoms with Crippen molar-refractivity contribution in [1.29, 1.82) is 0 Å². The fourth-order valence-corrected chi connectivity index (χ4v) is 4.40. The number of ketones is 1. The molecule has 0 atom stereocenters. The molecule has 1 aromatic heterocycles. The summed E-state index contributed by atoms with van der Waals surface area (Å²) in [6, 6.07) is 18.9. The van der Waals surface area contributed by atoms with Gasteiger partial charge in [-0.3, -0.25) is 34.0 Å². The zero-order valence-electron chi connectivity index (χ0n) is 20.6. The Morgan fingerprint density at radius 3 is 2.11 bits per heavy atom. The zero-order valence-corrected chi connectivity index (χ0v) is 20.6. The number of fused-ring (bicyclic) bond motifs is 1. The fraction of sp³-hybridized carbons (Fsp3) is 0.148. The first-order chi connectivity index (χ1) is 18.3. The Bertz CT molecular complexity index is 1560. The Morgan fingerprint density at radius 2 is 1.50 bits per heavy atom. The van der Waals surface area contributed by atoms with E-state index in [0.717, 1.165) is 4.90 Å². The number of nitro benzene ring substituents is 1. The van der Waals surface area contributed by atoms with Gasteiger partial charge in [-0.2, -0.15) is 0 Å². The Morgan fingerprint density at radius 1 is 0.895 bits per heavy atom. The van der Waals surface area contributed by atoms with E-state index in [1.165, 1.54) is 18.2 Å². The van der Waals surface area contributed by atoms with Crippen LogP contribution in [0.4, 0.5) is 5.69 Å². The lowest BCUT2D eigenvalue weighted by Gasteiger charge is -2.18. The largest absolute Gasteiger partial charge is 0.302 e. The van der Waals surface area contributed by atoms with Crippen molar-refractivity contribution in [3.8, 4) is 5.69 Å². The van der Waals surface area contributed by atoms with Crippen molar-refractivity contribution < 1.29 is 19.3 Å². The number of imide groups is 1. The number of hydrogen-bond acceptors (Lipinski definition) is 8. The average molecular weight is 511 g/mol. The van der Waals surface area contributed by atoms with Crippen LogP contribution in [0.15, 0.2) is 72.8 Å². The highest BCUT2D eigenvalue weighted by atomic mass is 16.6. The standard InChI is InChI=1S/C27H22N6O5/c1-30(2)15-23-28-29-24(16-31-26(35)19-10-6-7-11-20(19)27(31)36)32(23)22-13-12-18(33(37)38)14-21(22)25(34)17-8-4-3-5-9-17/h3-14H,15-16H2,1-2H3. The molecular formula is C27H22N6O5. The molecule has 2 amide bonds. The van der Waals surface area contributed by atoms with Crippen molar-refractivity contribution in [3.05, 3.63) is 117 Å². The van der Waals surface area contributed by atoms with Gasteiger partial charge in [-0.05, 0) is 32.3 Å². The van der Waals surface area contributed by atoms with Crippen molar-refractivity contribution >= 4 is 23.3 Å². The molecule has 0 saturated heterocycles. The molecule has 1 aliphatic heterocycles. The predicted molar refractivity (Wildman–Crippen MR) is 136 cm³/mol. The summed E-state index contributed by atoms with van der Waals surface area (Å²) in [6.07, 6.45) is 0. The monoisotopic (exact) mass is 510 g/mol. The molecule has 3 aromatic carbocycles. The highest BCUT2D eigenvalue weighted by Gasteiger charge is 2.36. The minimum absolute atomic E-state index is 0.0637. The number of non-ortho nitro benzene ring substituents is 1. The maximum absolute atomic E-state index is 13.6. The van der Waals surface area contributed by atoms with Crippen molar-refractivity contribution in [2.75, 3.05) is 14.1 Å². The van der Waals surface area contributed by atoms with Crippen LogP contribution in [0.3, 0.4) is 0 Å². The maximum Gasteiger partial charge on any atom is 0.270 e. The second-order valence-corrected chi connectivity index (χ2v) is 9.00. The van der Waals surface area contributed by atoms with Crippen LogP contribution in [0.2, 0.25) is 0 Å². The van der Waals surface area contributed by atoms with E-state index in [1.54, 1.807) is 59.2 Å². The van der Waals surface area contributed by atoms with Crippen LogP contribution < -0.4 is 0 Å². The number of carbonyl (C=O) groups is 3. The normalized spacial score (nSPS) is 12.8. The van der Waals surface area contributed by atoms with Crippen molar-refractivity contribution in [2.45, 2.75) is 13.1 Å². The molecule has 0 unspecified atom stereocenters. The number of amides is 2. The summed E-state index contributed by atoms with van der Waals surface area (Å²) < 4.78 is 1.59. The number of aromatic nitrogens is 3. The first kappa shape index (κ1) is 24.7. The van der Waals surface area contributed by atoms with Crippen molar-refractivity contribution in [2.24, 2.45) is 0 Å². The lowest BCUT2D eigenvalue weighted by molar-refractivity contribution is -0.384. The van der Waals surface area contributed by atoms with E-state index in [4.69, 9.17) is 0 Å². The van der Waals surface area contributed by atoms with Crippen LogP contribution in [0.1, 0.15) is 48.3 Å². The first-order valence-electron chi connectivity index (χ1n) is 11.7. The Balaban J connectivity index is 1.65. The van der Waals surface area contributed by atoms with Gasteiger partial charge in [-0.25, -0.2) is 0 Å². The van der Waals surface area contributed by atoms with Gasteiger partial charge in [-0.1, -0.05) is 42.5 Å². The molecule has 5 rings (SSSR count). The number of nitrogens with zero attached hydrogens (tertiary/aromatic N) is 6. The molecule has 190 valence electrons. The second-order valence-electron chi connectivity index (χ2n) is 9.00. The van der Waals surface area contributed by atoms with Gasteiger partial charge in [0.2, 0.25) is 0 Å². The lowest BCUT2D eigenvalue weighted by Crippen LogP contribution is -2.31. The van der Waals surface area contributed by atoms with Crippen LogP contribution in [-0.2, 0) is 13.1 Å². The Kier molecular flexibility index (Phi) is 6.35. The van der Waals surface area contributed by atoms with Gasteiger partial charge in [0, 0.05) is 17.7 Å². The molecule has 0 bridgehead atoms. The Hall–Kier alpha value is -5.03. The maximum atomic E-state index is 13.6. The van der Waals surface area contributed by atoms with Crippen LogP contribution in [0.5, 0.6) is 0 Å². The molecular weight excluding hydrogens is 488 g/mol. The zero-order chi connectivity index (χ0) is 27.0. The summed E-state index contributed by atoms with van der Waals surface area (Å²) in [5.74, 6) is -0.692. The summed E-state index contributed by atoms with van der Waals surface area (Å²) in [7, 11) is 3.66. The minimum atomic E-state index is -0.571. The molecule has 4 aromatic rings. The van der Waals surface area contributed by atoms with Crippen LogP contribution in [0, 0.1) is 10.1 Å². The van der Waals surface area contributed by atoms with Gasteiger partial charge in [0.05, 0.1) is 40.4 Å². The van der Waals surface area contributed by atoms with Gasteiger partial charge in [0.1, 0.15) is 0 Å². The number of rotatable bonds is 8. The third kappa shape index (κ3) is 4.35. The molecule has 0 radical (unpaired) electrons. The molecule has 0 fully saturated rings. The summed E-state index contributed by atoms with van der Waals surface area (Å²) in [5.41, 5.74) is 1.06. The van der Waals surface area contributed by atoms with E-state index in [9.17, 15) is 24.5 Å². The number of nitro groups is 1. The van der Waals surface area contributed by atoms with Crippen LogP contribution in [-0.4, -0.2) is 61.2 Å². The predicted octanol–water partition coefficient (Wildman–Crippen LogP) is 3.26. The molecule has 11 heteroatoms. The lowest BCUT2D eigenvalue weighted by atomic mass is 10.0. The van der Waals surface area contributed by atoms with E-state index >= 15 is 0 Å². The molecule has 0 N–H and O–H groups in total. The molecule has 11 nitrogen and oxygen atoms in total. The molecule has 0 spiro atoms. The minimum Gasteiger partial charge on any atom is -0.302 e. The van der Waals surface area contributed by atoms with Gasteiger partial charge < -0.3 is 4.90 Å². The highest BCUT2D eigenvalue weighted by molar-refractivity contribution is 6.21. The van der Waals surface area contributed by atoms with E-state index < -0.39 is 22.5 Å². The van der Waals surface area contributed by atoms with E-state index in [0.29, 0.717) is 34.7 Å². The fourth-order valence-electron chi connectivity index (χ4n) is 4.40. The average Bonchev–Trinajstić information content (AvgIpc) is 3.41. The van der Waals surface area contributed by atoms with E-state index in [2.05, 4.69) is 10.2 Å². The van der Waals surface area contributed by atoms with Crippen molar-refractivity contribution in [1.82, 2.24) is 24.6 Å². The van der Waals surface area contributed by atoms with Gasteiger partial charge >= 0.3 is 0 Å². The molecule has 2 heterocycles. The third-order valence-electron chi connectivity index (χ3n) is 6.14. The molecule has 1 aliphatic rings. The molecule has 0 aliphatic carbocycles. The van der Waals surface area contributed by atoms with Gasteiger partial charge in [0.25, 0.3) is 17.5 Å². The summed E-state index contributed by atoms with van der Waals surface area (Å²) in [4.78, 5) is 53.6. The SMILES string of the molecule is CN(C)Cc1nnc(CN2C(=O)c3ccccc3C2=O)n1-c1ccc([N+](=O)[O-])cc1C(=O)c1ccccc1. The second kappa shape index (κ2) is 9.79. The third-order valence-corrected chi connectivity index (χ3v) is 6.14. The van der Waals surface area contributed by atoms with Crippen molar-refractivity contribution in [3.63, 3.8) is 0 Å². The number of carbonyl (C=O) groups excluding carboxylic acids is 3. The first-order valence-corrected chi connectivity index (χ1v) is 11.7. The summed E-state index contributed by atoms with van der Waals surface area (Å²) in [6.45, 7) is 0.105.